The maximum Gasteiger partial charge on any atom is -0.00488 e. The predicted octanol–water partition coefficient (Wildman–Crippen LogP) is 2.39. The van der Waals surface area contributed by atoms with Crippen LogP contribution in [0.4, 0.5) is 0 Å². The highest BCUT2D eigenvalue weighted by Gasteiger charge is 2.11. The van der Waals surface area contributed by atoms with Crippen LogP contribution in [0, 0.1) is 11.8 Å². The van der Waals surface area contributed by atoms with Crippen LogP contribution in [0.15, 0.2) is 0 Å². The molecule has 0 spiro atoms. The summed E-state index contributed by atoms with van der Waals surface area (Å²) in [6, 6.07) is 0. The molecule has 0 radical (unpaired) electrons. The SMILES string of the molecule is CCCNCCCC(CCN)C(C)C. The maximum absolute atomic E-state index is 5.60. The largest absolute Gasteiger partial charge is 0.330 e. The Bertz CT molecular complexity index is 113. The normalized spacial score (nSPS) is 13.5. The van der Waals surface area contributed by atoms with E-state index in [2.05, 4.69) is 26.1 Å². The van der Waals surface area contributed by atoms with Crippen LogP contribution >= 0.6 is 0 Å². The summed E-state index contributed by atoms with van der Waals surface area (Å²) in [5.41, 5.74) is 5.60. The molecule has 2 heteroatoms. The molecule has 86 valence electrons. The lowest BCUT2D eigenvalue weighted by atomic mass is 9.88. The Morgan fingerprint density at radius 3 is 2.36 bits per heavy atom. The van der Waals surface area contributed by atoms with Crippen LogP contribution in [0.1, 0.15) is 46.5 Å². The monoisotopic (exact) mass is 200 g/mol. The molecule has 1 unspecified atom stereocenters. The van der Waals surface area contributed by atoms with Crippen molar-refractivity contribution in [3.63, 3.8) is 0 Å². The smallest absolute Gasteiger partial charge is 0.00488 e. The summed E-state index contributed by atoms with van der Waals surface area (Å²) in [5.74, 6) is 1.60. The Kier molecular flexibility index (Phi) is 9.42. The first-order chi connectivity index (χ1) is 6.72. The van der Waals surface area contributed by atoms with E-state index in [1.54, 1.807) is 0 Å². The van der Waals surface area contributed by atoms with Gasteiger partial charge in [0.05, 0.1) is 0 Å². The molecule has 0 aliphatic rings. The number of nitrogens with two attached hydrogens (primary N) is 1. The molecule has 14 heavy (non-hydrogen) atoms. The Labute approximate surface area is 89.6 Å². The zero-order chi connectivity index (χ0) is 10.8. The highest BCUT2D eigenvalue weighted by molar-refractivity contribution is 4.64. The van der Waals surface area contributed by atoms with Gasteiger partial charge in [0.1, 0.15) is 0 Å². The molecular weight excluding hydrogens is 172 g/mol. The molecule has 0 heterocycles. The molecule has 0 aliphatic heterocycles. The van der Waals surface area contributed by atoms with Gasteiger partial charge in [-0.05, 0) is 57.2 Å². The molecule has 0 saturated carbocycles. The second kappa shape index (κ2) is 9.47. The van der Waals surface area contributed by atoms with Gasteiger partial charge < -0.3 is 11.1 Å². The molecule has 0 aromatic carbocycles. The zero-order valence-corrected chi connectivity index (χ0v) is 10.2. The molecule has 0 aromatic heterocycles. The van der Waals surface area contributed by atoms with Gasteiger partial charge in [0.15, 0.2) is 0 Å². The minimum absolute atomic E-state index is 0.782. The highest BCUT2D eigenvalue weighted by atomic mass is 14.8. The van der Waals surface area contributed by atoms with Crippen molar-refractivity contribution in [2.24, 2.45) is 17.6 Å². The molecule has 0 rings (SSSR count). The summed E-state index contributed by atoms with van der Waals surface area (Å²) < 4.78 is 0. The fraction of sp³-hybridized carbons (Fsp3) is 1.00. The number of hydrogen-bond acceptors (Lipinski definition) is 2. The number of rotatable bonds is 9. The van der Waals surface area contributed by atoms with E-state index in [9.17, 15) is 0 Å². The van der Waals surface area contributed by atoms with E-state index in [1.165, 1.54) is 32.2 Å². The maximum atomic E-state index is 5.60. The molecule has 2 nitrogen and oxygen atoms in total. The average Bonchev–Trinajstić information content (AvgIpc) is 2.15. The summed E-state index contributed by atoms with van der Waals surface area (Å²) in [7, 11) is 0. The third kappa shape index (κ3) is 7.34. The predicted molar refractivity (Wildman–Crippen MR) is 64.4 cm³/mol. The highest BCUT2D eigenvalue weighted by Crippen LogP contribution is 2.19. The lowest BCUT2D eigenvalue weighted by molar-refractivity contribution is 0.331. The van der Waals surface area contributed by atoms with E-state index in [1.807, 2.05) is 0 Å². The van der Waals surface area contributed by atoms with Crippen molar-refractivity contribution in [3.05, 3.63) is 0 Å². The zero-order valence-electron chi connectivity index (χ0n) is 10.2. The summed E-state index contributed by atoms with van der Waals surface area (Å²) in [6.07, 6.45) is 5.04. The molecule has 0 aromatic rings. The van der Waals surface area contributed by atoms with Crippen LogP contribution in [0.25, 0.3) is 0 Å². The quantitative estimate of drug-likeness (QED) is 0.561. The van der Waals surface area contributed by atoms with Gasteiger partial charge in [-0.3, -0.25) is 0 Å². The fourth-order valence-electron chi connectivity index (χ4n) is 1.82. The van der Waals surface area contributed by atoms with E-state index in [0.29, 0.717) is 0 Å². The van der Waals surface area contributed by atoms with Gasteiger partial charge in [-0.25, -0.2) is 0 Å². The molecular formula is C12H28N2. The van der Waals surface area contributed by atoms with Crippen LogP contribution in [-0.2, 0) is 0 Å². The van der Waals surface area contributed by atoms with Crippen molar-refractivity contribution < 1.29 is 0 Å². The van der Waals surface area contributed by atoms with Gasteiger partial charge in [-0.15, -0.1) is 0 Å². The van der Waals surface area contributed by atoms with Gasteiger partial charge in [0.2, 0.25) is 0 Å². The van der Waals surface area contributed by atoms with Crippen LogP contribution < -0.4 is 11.1 Å². The third-order valence-corrected chi connectivity index (χ3v) is 2.84. The fourth-order valence-corrected chi connectivity index (χ4v) is 1.82. The van der Waals surface area contributed by atoms with Crippen LogP contribution in [-0.4, -0.2) is 19.6 Å². The summed E-state index contributed by atoms with van der Waals surface area (Å²) in [6.45, 7) is 9.98. The van der Waals surface area contributed by atoms with E-state index in [4.69, 9.17) is 5.73 Å². The molecule has 3 N–H and O–H groups in total. The second-order valence-electron chi connectivity index (χ2n) is 4.47. The Hall–Kier alpha value is -0.0800. The van der Waals surface area contributed by atoms with Gasteiger partial charge in [0.25, 0.3) is 0 Å². The van der Waals surface area contributed by atoms with Crippen LogP contribution in [0.5, 0.6) is 0 Å². The standard InChI is InChI=1S/C12H28N2/c1-4-9-14-10-5-6-12(7-8-13)11(2)3/h11-12,14H,4-10,13H2,1-3H3. The lowest BCUT2D eigenvalue weighted by Crippen LogP contribution is -2.19. The van der Waals surface area contributed by atoms with E-state index in [0.717, 1.165) is 24.9 Å². The summed E-state index contributed by atoms with van der Waals surface area (Å²) in [5, 5.41) is 3.44. The Morgan fingerprint density at radius 2 is 1.86 bits per heavy atom. The van der Waals surface area contributed by atoms with Crippen molar-refractivity contribution in [3.8, 4) is 0 Å². The Morgan fingerprint density at radius 1 is 1.14 bits per heavy atom. The third-order valence-electron chi connectivity index (χ3n) is 2.84. The van der Waals surface area contributed by atoms with Gasteiger partial charge in [0, 0.05) is 0 Å². The second-order valence-corrected chi connectivity index (χ2v) is 4.47. The van der Waals surface area contributed by atoms with Crippen molar-refractivity contribution in [1.82, 2.24) is 5.32 Å². The van der Waals surface area contributed by atoms with Gasteiger partial charge >= 0.3 is 0 Å². The van der Waals surface area contributed by atoms with Crippen molar-refractivity contribution in [2.45, 2.75) is 46.5 Å². The van der Waals surface area contributed by atoms with E-state index < -0.39 is 0 Å². The van der Waals surface area contributed by atoms with Crippen molar-refractivity contribution >= 4 is 0 Å². The summed E-state index contributed by atoms with van der Waals surface area (Å²) in [4.78, 5) is 0. The molecule has 0 amide bonds. The minimum atomic E-state index is 0.782. The first-order valence-electron chi connectivity index (χ1n) is 6.13. The van der Waals surface area contributed by atoms with Crippen molar-refractivity contribution in [2.75, 3.05) is 19.6 Å². The van der Waals surface area contributed by atoms with Crippen LogP contribution in [0.2, 0.25) is 0 Å². The number of hydrogen-bond donors (Lipinski definition) is 2. The van der Waals surface area contributed by atoms with Crippen molar-refractivity contribution in [1.29, 1.82) is 0 Å². The molecule has 0 fully saturated rings. The molecule has 0 saturated heterocycles. The minimum Gasteiger partial charge on any atom is -0.330 e. The average molecular weight is 200 g/mol. The Balaban J connectivity index is 3.41. The van der Waals surface area contributed by atoms with Gasteiger partial charge in [-0.2, -0.15) is 0 Å². The van der Waals surface area contributed by atoms with Crippen LogP contribution in [0.3, 0.4) is 0 Å². The van der Waals surface area contributed by atoms with Gasteiger partial charge in [-0.1, -0.05) is 20.8 Å². The topological polar surface area (TPSA) is 38.0 Å². The lowest BCUT2D eigenvalue weighted by Gasteiger charge is -2.19. The van der Waals surface area contributed by atoms with E-state index >= 15 is 0 Å². The molecule has 0 bridgehead atoms. The number of nitrogens with one attached hydrogen (secondary N) is 1. The summed E-state index contributed by atoms with van der Waals surface area (Å²) >= 11 is 0. The molecule has 0 aliphatic carbocycles. The van der Waals surface area contributed by atoms with E-state index in [-0.39, 0.29) is 0 Å². The first kappa shape index (κ1) is 13.9. The molecule has 1 atom stereocenters. The first-order valence-corrected chi connectivity index (χ1v) is 6.13.